The van der Waals surface area contributed by atoms with Gasteiger partial charge in [0.05, 0.1) is 0 Å². The van der Waals surface area contributed by atoms with Crippen molar-refractivity contribution in [3.05, 3.63) is 126 Å². The molecule has 1 aliphatic heterocycles. The van der Waals surface area contributed by atoms with Gasteiger partial charge >= 0.3 is 343 Å². The fourth-order valence-electron chi connectivity index (χ4n) is 10.8. The van der Waals surface area contributed by atoms with Gasteiger partial charge in [0.1, 0.15) is 0 Å². The van der Waals surface area contributed by atoms with Gasteiger partial charge in [0.15, 0.2) is 0 Å². The number of benzene rings is 4. The standard InChI is InChI=1S/2C26H33.C2H4.2ClH.Zr/c2*1-8-9-10-20-15-23-18(3)17(2)19(4)25(24(23)16-20)21-11-13-22(14-12-21)26(5,6)7;1-2;;;/h2*11-16H,8-10H2,1-7H3;1-2H2;2*1H;/q;;;;;+2/p-2. The Morgan fingerprint density at radius 2 is 0.825 bits per heavy atom. The first-order chi connectivity index (χ1) is 26.0. The van der Waals surface area contributed by atoms with E-state index in [1.807, 2.05) is 0 Å². The predicted molar refractivity (Wildman–Crippen MR) is 240 cm³/mol. The Kier molecular flexibility index (Phi) is 13.7. The number of unbranched alkanes of at least 4 members (excludes halogenated alkanes) is 2. The Morgan fingerprint density at radius 3 is 1.11 bits per heavy atom. The van der Waals surface area contributed by atoms with Crippen molar-refractivity contribution in [1.29, 1.82) is 0 Å². The van der Waals surface area contributed by atoms with Crippen LogP contribution in [0.1, 0.15) is 168 Å². The van der Waals surface area contributed by atoms with Gasteiger partial charge in [0, 0.05) is 0 Å². The van der Waals surface area contributed by atoms with Gasteiger partial charge in [-0.1, -0.05) is 0 Å². The second kappa shape index (κ2) is 17.1. The molecule has 1 saturated heterocycles. The Hall–Kier alpha value is -2.18. The van der Waals surface area contributed by atoms with Gasteiger partial charge < -0.3 is 24.8 Å². The summed E-state index contributed by atoms with van der Waals surface area (Å²) >= 11 is -2.99. The van der Waals surface area contributed by atoms with E-state index in [9.17, 15) is 0 Å². The van der Waals surface area contributed by atoms with Gasteiger partial charge in [-0.3, -0.25) is 0 Å². The second-order valence-corrected chi connectivity index (χ2v) is 31.4. The van der Waals surface area contributed by atoms with Crippen LogP contribution in [-0.2, 0) is 31.1 Å². The Bertz CT molecular complexity index is 2040. The minimum atomic E-state index is -2.99. The van der Waals surface area contributed by atoms with Gasteiger partial charge in [-0.25, -0.2) is 0 Å². The van der Waals surface area contributed by atoms with E-state index in [-0.39, 0.29) is 35.6 Å². The molecule has 1 heterocycles. The molecule has 3 heteroatoms. The SMILES string of the molecule is CCCCC1=Cc2c(-c3ccc(C(C)(C)C)cc3)c(C)c(C)c(C)c2[CH]1[Zr+2]1([CH]2C(CCCC)=Cc3c(-c4ccc(C(C)(C)C)cc4)c(C)c(C)c(C)c32)[CH2][CH2]1.[Cl-].[Cl-]. The fraction of sp³-hybridized carbons (Fsp3) is 0.481. The maximum Gasteiger partial charge on any atom is -1.00 e. The molecule has 2 aliphatic carbocycles. The molecule has 0 aromatic heterocycles. The molecule has 4 aromatic carbocycles. The molecule has 2 unspecified atom stereocenters. The van der Waals surface area contributed by atoms with Crippen molar-refractivity contribution >= 4 is 12.2 Å². The van der Waals surface area contributed by atoms with Crippen LogP contribution in [0, 0.1) is 41.5 Å². The van der Waals surface area contributed by atoms with Gasteiger partial charge in [-0.05, 0) is 0 Å². The molecule has 0 N–H and O–H groups in total. The van der Waals surface area contributed by atoms with Gasteiger partial charge in [0.2, 0.25) is 0 Å². The summed E-state index contributed by atoms with van der Waals surface area (Å²) < 4.78 is 4.36. The third kappa shape index (κ3) is 7.95. The minimum absolute atomic E-state index is 0. The van der Waals surface area contributed by atoms with Gasteiger partial charge in [-0.2, -0.15) is 0 Å². The van der Waals surface area contributed by atoms with E-state index >= 15 is 0 Å². The Labute approximate surface area is 365 Å². The molecule has 4 aromatic rings. The normalized spacial score (nSPS) is 17.4. The van der Waals surface area contributed by atoms with Crippen molar-refractivity contribution in [1.82, 2.24) is 0 Å². The molecular formula is C54H70Cl2Zr. The maximum absolute atomic E-state index is 2.99. The number of allylic oxidation sites excluding steroid dienone is 2. The van der Waals surface area contributed by atoms with E-state index in [1.54, 1.807) is 44.5 Å². The van der Waals surface area contributed by atoms with Crippen LogP contribution in [0.15, 0.2) is 59.7 Å². The van der Waals surface area contributed by atoms with Crippen LogP contribution in [0.25, 0.3) is 34.4 Å². The van der Waals surface area contributed by atoms with E-state index in [2.05, 4.69) is 158 Å². The average molecular weight is 881 g/mol. The van der Waals surface area contributed by atoms with E-state index in [0.29, 0.717) is 7.25 Å². The summed E-state index contributed by atoms with van der Waals surface area (Å²) in [6, 6.07) is 19.3. The van der Waals surface area contributed by atoms with Crippen LogP contribution in [0.5, 0.6) is 0 Å². The molecule has 0 radical (unpaired) electrons. The van der Waals surface area contributed by atoms with E-state index in [0.717, 1.165) is 0 Å². The molecule has 0 saturated carbocycles. The summed E-state index contributed by atoms with van der Waals surface area (Å²) in [7, 11) is 0. The van der Waals surface area contributed by atoms with Crippen molar-refractivity contribution in [2.24, 2.45) is 0 Å². The molecule has 0 bridgehead atoms. The zero-order chi connectivity index (χ0) is 39.8. The van der Waals surface area contributed by atoms with Crippen LogP contribution >= 0.6 is 0 Å². The van der Waals surface area contributed by atoms with Crippen molar-refractivity contribution in [3.8, 4) is 22.3 Å². The molecule has 7 rings (SSSR count). The second-order valence-electron chi connectivity index (χ2n) is 20.1. The third-order valence-corrected chi connectivity index (χ3v) is 27.6. The molecule has 1 fully saturated rings. The van der Waals surface area contributed by atoms with Crippen LogP contribution in [-0.4, -0.2) is 0 Å². The predicted octanol–water partition coefficient (Wildman–Crippen LogP) is 10.4. The first kappa shape index (κ1) is 45.9. The molecule has 0 amide bonds. The van der Waals surface area contributed by atoms with Crippen molar-refractivity contribution in [3.63, 3.8) is 0 Å². The quantitative estimate of drug-likeness (QED) is 0.149. The smallest absolute Gasteiger partial charge is 1.00 e. The number of halogens is 2. The van der Waals surface area contributed by atoms with Crippen molar-refractivity contribution in [2.75, 3.05) is 0 Å². The summed E-state index contributed by atoms with van der Waals surface area (Å²) in [4.78, 5) is 0. The third-order valence-electron chi connectivity index (χ3n) is 14.6. The number of hydrogen-bond acceptors (Lipinski definition) is 0. The van der Waals surface area contributed by atoms with Crippen molar-refractivity contribution < 1.29 is 45.1 Å². The molecule has 304 valence electrons. The largest absolute Gasteiger partial charge is 1.00 e. The molecular weight excluding hydrogens is 811 g/mol. The topological polar surface area (TPSA) is 0 Å². The summed E-state index contributed by atoms with van der Waals surface area (Å²) in [6.07, 6.45) is 13.1. The molecule has 57 heavy (non-hydrogen) atoms. The molecule has 0 spiro atoms. The van der Waals surface area contributed by atoms with E-state index in [1.165, 1.54) is 102 Å². The monoisotopic (exact) mass is 878 g/mol. The van der Waals surface area contributed by atoms with Crippen LogP contribution < -0.4 is 24.8 Å². The number of fused-ring (bicyclic) bond motifs is 2. The molecule has 0 nitrogen and oxygen atoms in total. The van der Waals surface area contributed by atoms with E-state index < -0.39 is 20.3 Å². The van der Waals surface area contributed by atoms with E-state index in [4.69, 9.17) is 0 Å². The zero-order valence-electron chi connectivity index (χ0n) is 37.8. The first-order valence-corrected chi connectivity index (χ1v) is 28.2. The minimum Gasteiger partial charge on any atom is -1.00 e. The zero-order valence-corrected chi connectivity index (χ0v) is 41.8. The Balaban J connectivity index is 0.00000310. The van der Waals surface area contributed by atoms with Gasteiger partial charge in [0.25, 0.3) is 0 Å². The summed E-state index contributed by atoms with van der Waals surface area (Å²) in [5, 5.41) is 0. The molecule has 3 aliphatic rings. The van der Waals surface area contributed by atoms with Crippen LogP contribution in [0.3, 0.4) is 0 Å². The van der Waals surface area contributed by atoms with Gasteiger partial charge in [-0.15, -0.1) is 0 Å². The van der Waals surface area contributed by atoms with Crippen LogP contribution in [0.4, 0.5) is 0 Å². The summed E-state index contributed by atoms with van der Waals surface area (Å²) in [6.45, 7) is 33.4. The van der Waals surface area contributed by atoms with Crippen molar-refractivity contribution in [2.45, 2.75) is 162 Å². The maximum atomic E-state index is 2.76. The first-order valence-electron chi connectivity index (χ1n) is 21.9. The molecule has 2 atom stereocenters. The number of rotatable bonds is 10. The average Bonchev–Trinajstić information content (AvgIpc) is 3.70. The fourth-order valence-corrected chi connectivity index (χ4v) is 28.8. The summed E-state index contributed by atoms with van der Waals surface area (Å²) in [5.41, 5.74) is 28.4. The number of hydrogen-bond donors (Lipinski definition) is 0. The van der Waals surface area contributed by atoms with Crippen LogP contribution in [0.2, 0.25) is 8.26 Å². The Morgan fingerprint density at radius 1 is 0.491 bits per heavy atom. The summed E-state index contributed by atoms with van der Waals surface area (Å²) in [5.74, 6) is 0.